The second-order valence-corrected chi connectivity index (χ2v) is 7.48. The van der Waals surface area contributed by atoms with Gasteiger partial charge in [-0.05, 0) is 43.9 Å². The summed E-state index contributed by atoms with van der Waals surface area (Å²) < 4.78 is 39.7. The topological polar surface area (TPSA) is 45.2 Å². The Hall–Kier alpha value is -1.63. The molecule has 1 saturated heterocycles. The maximum absolute atomic E-state index is 13.2. The Kier molecular flexibility index (Phi) is 6.16. The molecule has 4 nitrogen and oxygen atoms in total. The number of nitrogens with zero attached hydrogens (tertiary/aromatic N) is 2. The van der Waals surface area contributed by atoms with Crippen molar-refractivity contribution in [2.75, 3.05) is 13.1 Å². The monoisotopic (exact) mass is 369 g/mol. The molecule has 26 heavy (non-hydrogen) atoms. The average molecular weight is 369 g/mol. The number of pyridine rings is 1. The molecule has 0 bridgehead atoms. The van der Waals surface area contributed by atoms with Crippen LogP contribution in [0.4, 0.5) is 13.2 Å². The summed E-state index contributed by atoms with van der Waals surface area (Å²) in [6.45, 7) is 2.20. The van der Waals surface area contributed by atoms with Gasteiger partial charge in [-0.15, -0.1) is 0 Å². The van der Waals surface area contributed by atoms with Gasteiger partial charge in [-0.3, -0.25) is 14.7 Å². The summed E-state index contributed by atoms with van der Waals surface area (Å²) in [5.41, 5.74) is 1.08. The summed E-state index contributed by atoms with van der Waals surface area (Å²) in [6, 6.07) is 3.10. The summed E-state index contributed by atoms with van der Waals surface area (Å²) in [4.78, 5) is 18.9. The van der Waals surface area contributed by atoms with Gasteiger partial charge in [0.2, 0.25) is 5.91 Å². The predicted molar refractivity (Wildman–Crippen MR) is 92.2 cm³/mol. The van der Waals surface area contributed by atoms with Crippen molar-refractivity contribution in [2.45, 2.75) is 57.3 Å². The summed E-state index contributed by atoms with van der Waals surface area (Å²) in [5.74, 6) is -1.87. The number of aromatic nitrogens is 1. The van der Waals surface area contributed by atoms with Crippen LogP contribution in [-0.4, -0.2) is 41.1 Å². The maximum atomic E-state index is 13.2. The van der Waals surface area contributed by atoms with Crippen molar-refractivity contribution < 1.29 is 18.0 Å². The molecule has 0 aromatic carbocycles. The number of likely N-dealkylation sites (tertiary alicyclic amines) is 1. The first-order chi connectivity index (χ1) is 12.4. The van der Waals surface area contributed by atoms with E-state index in [0.29, 0.717) is 25.9 Å². The molecule has 1 aliphatic carbocycles. The largest absolute Gasteiger partial charge is 0.393 e. The van der Waals surface area contributed by atoms with Gasteiger partial charge in [-0.2, -0.15) is 13.2 Å². The molecule has 3 atom stereocenters. The van der Waals surface area contributed by atoms with Crippen LogP contribution < -0.4 is 5.32 Å². The highest BCUT2D eigenvalue weighted by atomic mass is 19.4. The van der Waals surface area contributed by atoms with Crippen LogP contribution in [0.2, 0.25) is 0 Å². The van der Waals surface area contributed by atoms with Crippen LogP contribution in [0.15, 0.2) is 24.5 Å². The molecular formula is C19H26F3N3O. The minimum absolute atomic E-state index is 0.117. The second-order valence-electron chi connectivity index (χ2n) is 7.48. The highest BCUT2D eigenvalue weighted by molar-refractivity contribution is 5.79. The Morgan fingerprint density at radius 2 is 2.04 bits per heavy atom. The van der Waals surface area contributed by atoms with Gasteiger partial charge in [0.25, 0.3) is 0 Å². The van der Waals surface area contributed by atoms with Crippen molar-refractivity contribution in [3.63, 3.8) is 0 Å². The smallest absolute Gasteiger partial charge is 0.352 e. The van der Waals surface area contributed by atoms with Crippen molar-refractivity contribution in [3.8, 4) is 0 Å². The van der Waals surface area contributed by atoms with E-state index in [9.17, 15) is 18.0 Å². The first kappa shape index (κ1) is 19.1. The van der Waals surface area contributed by atoms with Crippen LogP contribution in [0.3, 0.4) is 0 Å². The van der Waals surface area contributed by atoms with Crippen LogP contribution in [0.1, 0.15) is 44.1 Å². The number of carbonyl (C=O) groups excluding carboxylic acids is 1. The molecule has 7 heteroatoms. The molecule has 2 aliphatic rings. The summed E-state index contributed by atoms with van der Waals surface area (Å²) in [7, 11) is 0. The fourth-order valence-electron chi connectivity index (χ4n) is 4.16. The van der Waals surface area contributed by atoms with Gasteiger partial charge < -0.3 is 5.32 Å². The van der Waals surface area contributed by atoms with Gasteiger partial charge in [0.05, 0.1) is 11.8 Å². The maximum Gasteiger partial charge on any atom is 0.393 e. The zero-order chi connectivity index (χ0) is 18.6. The Labute approximate surface area is 152 Å². The zero-order valence-corrected chi connectivity index (χ0v) is 14.8. The van der Waals surface area contributed by atoms with Crippen molar-refractivity contribution in [2.24, 2.45) is 11.8 Å². The second kappa shape index (κ2) is 8.37. The standard InChI is InChI=1S/C19H26F3N3O/c20-19(21,22)16-7-1-2-8-17(16)24-18(26)15-6-4-10-25(13-15)12-14-5-3-9-23-11-14/h3,5,9,11,15-17H,1-2,4,6-8,10,12-13H2,(H,24,26)/t15-,16-,17+/m0/s1. The number of piperidine rings is 1. The predicted octanol–water partition coefficient (Wildman–Crippen LogP) is 3.53. The summed E-state index contributed by atoms with van der Waals surface area (Å²) in [5, 5.41) is 2.73. The molecule has 1 aromatic rings. The average Bonchev–Trinajstić information content (AvgIpc) is 2.62. The lowest BCUT2D eigenvalue weighted by Gasteiger charge is -2.36. The molecule has 1 saturated carbocycles. The molecule has 1 N–H and O–H groups in total. The van der Waals surface area contributed by atoms with E-state index in [2.05, 4.69) is 15.2 Å². The molecule has 1 aromatic heterocycles. The normalized spacial score (nSPS) is 27.9. The van der Waals surface area contributed by atoms with E-state index >= 15 is 0 Å². The molecular weight excluding hydrogens is 343 g/mol. The minimum atomic E-state index is -4.24. The van der Waals surface area contributed by atoms with Crippen LogP contribution in [0.25, 0.3) is 0 Å². The van der Waals surface area contributed by atoms with Crippen LogP contribution in [0, 0.1) is 11.8 Å². The number of alkyl halides is 3. The lowest BCUT2D eigenvalue weighted by molar-refractivity contribution is -0.189. The van der Waals surface area contributed by atoms with Crippen molar-refractivity contribution >= 4 is 5.91 Å². The van der Waals surface area contributed by atoms with E-state index in [0.717, 1.165) is 31.4 Å². The summed E-state index contributed by atoms with van der Waals surface area (Å²) >= 11 is 0. The van der Waals surface area contributed by atoms with E-state index in [-0.39, 0.29) is 18.2 Å². The van der Waals surface area contributed by atoms with E-state index in [1.807, 2.05) is 12.1 Å². The zero-order valence-electron chi connectivity index (χ0n) is 14.8. The lowest BCUT2D eigenvalue weighted by atomic mass is 9.83. The van der Waals surface area contributed by atoms with Gasteiger partial charge in [-0.25, -0.2) is 0 Å². The van der Waals surface area contributed by atoms with Crippen LogP contribution in [-0.2, 0) is 11.3 Å². The van der Waals surface area contributed by atoms with E-state index in [1.165, 1.54) is 0 Å². The van der Waals surface area contributed by atoms with Gasteiger partial charge >= 0.3 is 6.18 Å². The molecule has 0 radical (unpaired) electrons. The molecule has 1 aliphatic heterocycles. The Bertz CT molecular complexity index is 593. The van der Waals surface area contributed by atoms with Gasteiger partial charge in [0.15, 0.2) is 0 Å². The first-order valence-electron chi connectivity index (χ1n) is 9.42. The Morgan fingerprint density at radius 3 is 2.77 bits per heavy atom. The summed E-state index contributed by atoms with van der Waals surface area (Å²) in [6.07, 6.45) is 2.76. The van der Waals surface area contributed by atoms with E-state index in [4.69, 9.17) is 0 Å². The van der Waals surface area contributed by atoms with E-state index < -0.39 is 18.1 Å². The number of halogens is 3. The van der Waals surface area contributed by atoms with Crippen molar-refractivity contribution in [3.05, 3.63) is 30.1 Å². The molecule has 0 unspecified atom stereocenters. The third-order valence-corrected chi connectivity index (χ3v) is 5.52. The fourth-order valence-corrected chi connectivity index (χ4v) is 4.16. The third kappa shape index (κ3) is 4.96. The molecule has 0 spiro atoms. The molecule has 3 rings (SSSR count). The van der Waals surface area contributed by atoms with E-state index in [1.54, 1.807) is 12.4 Å². The molecule has 144 valence electrons. The number of hydrogen-bond donors (Lipinski definition) is 1. The third-order valence-electron chi connectivity index (χ3n) is 5.52. The van der Waals surface area contributed by atoms with Gasteiger partial charge in [0, 0.05) is 31.5 Å². The number of nitrogens with one attached hydrogen (secondary N) is 1. The van der Waals surface area contributed by atoms with Crippen molar-refractivity contribution in [1.82, 2.24) is 15.2 Å². The fraction of sp³-hybridized carbons (Fsp3) is 0.684. The molecule has 1 amide bonds. The number of hydrogen-bond acceptors (Lipinski definition) is 3. The lowest BCUT2D eigenvalue weighted by Crippen LogP contribution is -2.51. The highest BCUT2D eigenvalue weighted by Gasteiger charge is 2.46. The highest BCUT2D eigenvalue weighted by Crippen LogP contribution is 2.38. The number of rotatable bonds is 4. The first-order valence-corrected chi connectivity index (χ1v) is 9.42. The molecule has 2 fully saturated rings. The SMILES string of the molecule is O=C(N[C@@H]1CCCC[C@@H]1C(F)(F)F)[C@H]1CCCN(Cc2cccnc2)C1. The van der Waals surface area contributed by atoms with Gasteiger partial charge in [-0.1, -0.05) is 18.9 Å². The quantitative estimate of drug-likeness (QED) is 0.883. The van der Waals surface area contributed by atoms with Crippen LogP contribution >= 0.6 is 0 Å². The molecule has 2 heterocycles. The Morgan fingerprint density at radius 1 is 1.23 bits per heavy atom. The van der Waals surface area contributed by atoms with Gasteiger partial charge in [0.1, 0.15) is 0 Å². The number of carbonyl (C=O) groups is 1. The van der Waals surface area contributed by atoms with Crippen molar-refractivity contribution in [1.29, 1.82) is 0 Å². The number of amides is 1. The Balaban J connectivity index is 1.56. The van der Waals surface area contributed by atoms with Crippen LogP contribution in [0.5, 0.6) is 0 Å². The minimum Gasteiger partial charge on any atom is -0.352 e.